The van der Waals surface area contributed by atoms with Crippen LogP contribution in [0.3, 0.4) is 0 Å². The quantitative estimate of drug-likeness (QED) is 0.919. The summed E-state index contributed by atoms with van der Waals surface area (Å²) in [7, 11) is 1.86. The third-order valence-electron chi connectivity index (χ3n) is 4.21. The van der Waals surface area contributed by atoms with Gasteiger partial charge in [0.05, 0.1) is 12.2 Å². The Bertz CT molecular complexity index is 459. The van der Waals surface area contributed by atoms with E-state index >= 15 is 0 Å². The van der Waals surface area contributed by atoms with Crippen molar-refractivity contribution in [2.45, 2.75) is 39.7 Å². The van der Waals surface area contributed by atoms with E-state index in [0.717, 1.165) is 30.9 Å². The van der Waals surface area contributed by atoms with Crippen molar-refractivity contribution in [1.29, 1.82) is 0 Å². The van der Waals surface area contributed by atoms with Crippen LogP contribution in [0.2, 0.25) is 0 Å². The molecule has 1 aromatic heterocycles. The lowest BCUT2D eigenvalue weighted by Gasteiger charge is -2.21. The maximum Gasteiger partial charge on any atom is 0.222 e. The molecular formula is C16H25N3O. The summed E-state index contributed by atoms with van der Waals surface area (Å²) in [5, 5.41) is 3.04. The predicted molar refractivity (Wildman–Crippen MR) is 81.4 cm³/mol. The predicted octanol–water partition coefficient (Wildman–Crippen LogP) is 2.91. The number of anilines is 1. The number of pyridine rings is 1. The number of hydrogen-bond acceptors (Lipinski definition) is 3. The highest BCUT2D eigenvalue weighted by molar-refractivity contribution is 5.76. The summed E-state index contributed by atoms with van der Waals surface area (Å²) in [4.78, 5) is 18.7. The normalized spacial score (nSPS) is 20.1. The van der Waals surface area contributed by atoms with E-state index in [1.54, 1.807) is 0 Å². The zero-order valence-corrected chi connectivity index (χ0v) is 12.7. The van der Waals surface area contributed by atoms with Gasteiger partial charge < -0.3 is 10.2 Å². The van der Waals surface area contributed by atoms with E-state index in [4.69, 9.17) is 0 Å². The molecule has 1 atom stereocenters. The van der Waals surface area contributed by atoms with Crippen LogP contribution >= 0.6 is 0 Å². The molecule has 1 N–H and O–H groups in total. The number of nitrogens with zero attached hydrogens (tertiary/aromatic N) is 2. The summed E-state index contributed by atoms with van der Waals surface area (Å²) in [6.07, 6.45) is 2.81. The number of nitrogens with one attached hydrogen (secondary N) is 1. The molecular weight excluding hydrogens is 250 g/mol. The number of rotatable bonds is 4. The summed E-state index contributed by atoms with van der Waals surface area (Å²) in [5.41, 5.74) is 0.952. The van der Waals surface area contributed by atoms with Gasteiger partial charge in [0.25, 0.3) is 0 Å². The topological polar surface area (TPSA) is 45.2 Å². The third-order valence-corrected chi connectivity index (χ3v) is 4.21. The molecule has 1 amide bonds. The molecule has 2 heterocycles. The van der Waals surface area contributed by atoms with Crippen LogP contribution in [0.5, 0.6) is 0 Å². The average molecular weight is 275 g/mol. The molecule has 0 aliphatic carbocycles. The van der Waals surface area contributed by atoms with Crippen molar-refractivity contribution in [2.24, 2.45) is 11.8 Å². The molecule has 1 aromatic rings. The lowest BCUT2D eigenvalue weighted by molar-refractivity contribution is -0.131. The van der Waals surface area contributed by atoms with Gasteiger partial charge in [-0.25, -0.2) is 4.98 Å². The van der Waals surface area contributed by atoms with Crippen molar-refractivity contribution in [3.8, 4) is 0 Å². The van der Waals surface area contributed by atoms with Crippen molar-refractivity contribution < 1.29 is 4.79 Å². The lowest BCUT2D eigenvalue weighted by Crippen LogP contribution is -2.30. The minimum Gasteiger partial charge on any atom is -0.373 e. The van der Waals surface area contributed by atoms with Crippen molar-refractivity contribution in [3.63, 3.8) is 0 Å². The van der Waals surface area contributed by atoms with Gasteiger partial charge in [-0.05, 0) is 36.8 Å². The number of amides is 1. The minimum atomic E-state index is 0.268. The van der Waals surface area contributed by atoms with Crippen LogP contribution in [0.15, 0.2) is 18.2 Å². The molecule has 1 aliphatic heterocycles. The zero-order chi connectivity index (χ0) is 14.5. The van der Waals surface area contributed by atoms with Crippen LogP contribution in [0.1, 0.15) is 38.8 Å². The first-order valence-electron chi connectivity index (χ1n) is 7.51. The molecule has 0 aromatic carbocycles. The molecule has 2 rings (SSSR count). The Hall–Kier alpha value is -1.58. The lowest BCUT2D eigenvalue weighted by atomic mass is 9.89. The van der Waals surface area contributed by atoms with Crippen molar-refractivity contribution in [2.75, 3.05) is 18.9 Å². The number of carbonyl (C=O) groups is 1. The highest BCUT2D eigenvalue weighted by Crippen LogP contribution is 2.25. The number of hydrogen-bond donors (Lipinski definition) is 1. The molecule has 0 saturated carbocycles. The molecule has 110 valence electrons. The Kier molecular flexibility index (Phi) is 4.99. The number of carbonyl (C=O) groups excluding carboxylic acids is 1. The molecule has 1 saturated heterocycles. The molecule has 4 heteroatoms. The average Bonchev–Trinajstić information content (AvgIpc) is 2.62. The molecule has 20 heavy (non-hydrogen) atoms. The largest absolute Gasteiger partial charge is 0.373 e. The van der Waals surface area contributed by atoms with Gasteiger partial charge in [0.2, 0.25) is 5.91 Å². The van der Waals surface area contributed by atoms with Crippen molar-refractivity contribution in [1.82, 2.24) is 9.88 Å². The van der Waals surface area contributed by atoms with Crippen molar-refractivity contribution in [3.05, 3.63) is 23.9 Å². The summed E-state index contributed by atoms with van der Waals surface area (Å²) in [6.45, 7) is 5.98. The molecule has 1 fully saturated rings. The summed E-state index contributed by atoms with van der Waals surface area (Å²) in [5.74, 6) is 2.45. The standard InChI is InChI=1S/C16H25N3O/c1-12(2)13-7-8-16(20)19(10-9-13)11-14-5-4-6-15(17-3)18-14/h4-6,12-13H,7-11H2,1-3H3,(H,17,18). The van der Waals surface area contributed by atoms with Crippen LogP contribution in [0.4, 0.5) is 5.82 Å². The number of aromatic nitrogens is 1. The van der Waals surface area contributed by atoms with Crippen LogP contribution in [0.25, 0.3) is 0 Å². The van der Waals surface area contributed by atoms with E-state index in [1.807, 2.05) is 30.1 Å². The fourth-order valence-corrected chi connectivity index (χ4v) is 2.79. The molecule has 1 aliphatic rings. The van der Waals surface area contributed by atoms with Crippen LogP contribution < -0.4 is 5.32 Å². The van der Waals surface area contributed by atoms with Gasteiger partial charge in [-0.1, -0.05) is 19.9 Å². The van der Waals surface area contributed by atoms with Gasteiger partial charge >= 0.3 is 0 Å². The van der Waals surface area contributed by atoms with E-state index < -0.39 is 0 Å². The Morgan fingerprint density at radius 2 is 2.20 bits per heavy atom. The molecule has 0 spiro atoms. The van der Waals surface area contributed by atoms with Crippen LogP contribution in [-0.2, 0) is 11.3 Å². The fraction of sp³-hybridized carbons (Fsp3) is 0.625. The molecule has 0 bridgehead atoms. The van der Waals surface area contributed by atoms with E-state index in [9.17, 15) is 4.79 Å². The van der Waals surface area contributed by atoms with E-state index in [0.29, 0.717) is 24.8 Å². The summed E-state index contributed by atoms with van der Waals surface area (Å²) >= 11 is 0. The minimum absolute atomic E-state index is 0.268. The Balaban J connectivity index is 2.02. The summed E-state index contributed by atoms with van der Waals surface area (Å²) < 4.78 is 0. The second-order valence-electron chi connectivity index (χ2n) is 5.91. The van der Waals surface area contributed by atoms with Crippen LogP contribution in [-0.4, -0.2) is 29.4 Å². The monoisotopic (exact) mass is 275 g/mol. The first kappa shape index (κ1) is 14.8. The molecule has 1 unspecified atom stereocenters. The van der Waals surface area contributed by atoms with Gasteiger partial charge in [-0.2, -0.15) is 0 Å². The molecule has 0 radical (unpaired) electrons. The SMILES string of the molecule is CNc1cccc(CN2CCC(C(C)C)CCC2=O)n1. The highest BCUT2D eigenvalue weighted by atomic mass is 16.2. The van der Waals surface area contributed by atoms with Crippen molar-refractivity contribution >= 4 is 11.7 Å². The smallest absolute Gasteiger partial charge is 0.222 e. The summed E-state index contributed by atoms with van der Waals surface area (Å²) in [6, 6.07) is 5.90. The van der Waals surface area contributed by atoms with Crippen LogP contribution in [0, 0.1) is 11.8 Å². The fourth-order valence-electron chi connectivity index (χ4n) is 2.79. The maximum absolute atomic E-state index is 12.2. The first-order valence-corrected chi connectivity index (χ1v) is 7.51. The van der Waals surface area contributed by atoms with E-state index in [1.165, 1.54) is 0 Å². The van der Waals surface area contributed by atoms with Gasteiger partial charge in [0.15, 0.2) is 0 Å². The van der Waals surface area contributed by atoms with Gasteiger partial charge in [0, 0.05) is 20.0 Å². The second kappa shape index (κ2) is 6.73. The van der Waals surface area contributed by atoms with E-state index in [2.05, 4.69) is 24.1 Å². The Labute approximate surface area is 121 Å². The highest BCUT2D eigenvalue weighted by Gasteiger charge is 2.24. The Morgan fingerprint density at radius 1 is 1.40 bits per heavy atom. The van der Waals surface area contributed by atoms with Gasteiger partial charge in [0.1, 0.15) is 5.82 Å². The van der Waals surface area contributed by atoms with E-state index in [-0.39, 0.29) is 5.91 Å². The van der Waals surface area contributed by atoms with Gasteiger partial charge in [-0.15, -0.1) is 0 Å². The Morgan fingerprint density at radius 3 is 2.90 bits per heavy atom. The third kappa shape index (κ3) is 3.71. The molecule has 4 nitrogen and oxygen atoms in total. The number of likely N-dealkylation sites (tertiary alicyclic amines) is 1. The first-order chi connectivity index (χ1) is 9.60. The van der Waals surface area contributed by atoms with Gasteiger partial charge in [-0.3, -0.25) is 4.79 Å². The zero-order valence-electron chi connectivity index (χ0n) is 12.7. The second-order valence-corrected chi connectivity index (χ2v) is 5.91. The maximum atomic E-state index is 12.2.